The number of nitriles is 1. The Balaban J connectivity index is 1.84. The van der Waals surface area contributed by atoms with Crippen molar-refractivity contribution in [1.82, 2.24) is 10.2 Å². The van der Waals surface area contributed by atoms with Crippen molar-refractivity contribution in [1.29, 1.82) is 5.26 Å². The van der Waals surface area contributed by atoms with Gasteiger partial charge in [0.05, 0.1) is 16.4 Å². The van der Waals surface area contributed by atoms with E-state index in [1.807, 2.05) is 6.07 Å². The first-order valence-corrected chi connectivity index (χ1v) is 12.4. The van der Waals surface area contributed by atoms with Crippen LogP contribution in [-0.2, 0) is 20.4 Å². The summed E-state index contributed by atoms with van der Waals surface area (Å²) in [6.07, 6.45) is 1.58. The number of hydrogen-bond donors (Lipinski definition) is 1. The SMILES string of the molecule is CN(C#N)C(=O)[C@H](CS(=O)(=O)Cc1ccccc1OC(F)F)NC(=O)c1cc2ccccc2s1. The molecule has 1 atom stereocenters. The van der Waals surface area contributed by atoms with E-state index in [0.717, 1.165) is 28.5 Å². The van der Waals surface area contributed by atoms with Gasteiger partial charge in [0.15, 0.2) is 16.0 Å². The second-order valence-corrected chi connectivity index (χ2v) is 10.4. The zero-order valence-corrected chi connectivity index (χ0v) is 19.4. The third-order valence-corrected chi connectivity index (χ3v) is 7.42. The van der Waals surface area contributed by atoms with Gasteiger partial charge in [-0.25, -0.2) is 8.42 Å². The summed E-state index contributed by atoms with van der Waals surface area (Å²) in [5.74, 6) is -3.49. The molecule has 0 spiro atoms. The Labute approximate surface area is 198 Å². The lowest BCUT2D eigenvalue weighted by atomic mass is 10.2. The van der Waals surface area contributed by atoms with Gasteiger partial charge in [-0.05, 0) is 23.6 Å². The molecule has 3 aromatic rings. The van der Waals surface area contributed by atoms with E-state index in [-0.39, 0.29) is 16.2 Å². The van der Waals surface area contributed by atoms with Crippen LogP contribution in [0.2, 0.25) is 0 Å². The van der Waals surface area contributed by atoms with Gasteiger partial charge in [-0.15, -0.1) is 11.3 Å². The van der Waals surface area contributed by atoms with Gasteiger partial charge in [-0.2, -0.15) is 14.0 Å². The molecule has 0 radical (unpaired) electrons. The molecule has 0 bridgehead atoms. The molecule has 3 rings (SSSR count). The molecule has 0 saturated carbocycles. The zero-order valence-electron chi connectivity index (χ0n) is 17.8. The Morgan fingerprint density at radius 1 is 1.18 bits per heavy atom. The number of fused-ring (bicyclic) bond motifs is 1. The lowest BCUT2D eigenvalue weighted by Crippen LogP contribution is -2.49. The number of halogens is 2. The number of sulfone groups is 1. The van der Waals surface area contributed by atoms with E-state index in [0.29, 0.717) is 4.90 Å². The summed E-state index contributed by atoms with van der Waals surface area (Å²) in [4.78, 5) is 26.3. The van der Waals surface area contributed by atoms with Gasteiger partial charge in [0.1, 0.15) is 11.8 Å². The number of nitrogens with zero attached hydrogens (tertiary/aromatic N) is 2. The minimum absolute atomic E-state index is 0.0292. The third kappa shape index (κ3) is 6.27. The number of likely N-dealkylation sites (N-methyl/N-ethyl adjacent to an activating group) is 1. The van der Waals surface area contributed by atoms with Crippen LogP contribution < -0.4 is 10.1 Å². The standard InChI is InChI=1S/C22H19F2N3O5S2/c1-27(13-25)21(29)16(26-20(28)19-10-14-6-3-5-9-18(14)33-19)12-34(30,31)11-15-7-2-4-8-17(15)32-22(23)24/h2-10,16,22H,11-12H2,1H3,(H,26,28)/t16-/m0/s1. The quantitative estimate of drug-likeness (QED) is 0.351. The molecule has 0 aliphatic carbocycles. The molecule has 1 heterocycles. The van der Waals surface area contributed by atoms with E-state index in [1.54, 1.807) is 30.5 Å². The molecule has 0 fully saturated rings. The number of carbonyl (C=O) groups excluding carboxylic acids is 2. The topological polar surface area (TPSA) is 117 Å². The summed E-state index contributed by atoms with van der Waals surface area (Å²) in [5.41, 5.74) is -0.0292. The third-order valence-electron chi connectivity index (χ3n) is 4.72. The number of rotatable bonds is 9. The maximum absolute atomic E-state index is 12.9. The van der Waals surface area contributed by atoms with Crippen LogP contribution in [0.25, 0.3) is 10.1 Å². The molecule has 1 aromatic heterocycles. The molecule has 0 saturated heterocycles. The normalized spacial score (nSPS) is 12.2. The molecular formula is C22H19F2N3O5S2. The van der Waals surface area contributed by atoms with E-state index in [1.165, 1.54) is 24.3 Å². The van der Waals surface area contributed by atoms with Crippen molar-refractivity contribution in [3.63, 3.8) is 0 Å². The van der Waals surface area contributed by atoms with Crippen LogP contribution in [-0.4, -0.2) is 50.6 Å². The van der Waals surface area contributed by atoms with E-state index in [9.17, 15) is 26.8 Å². The van der Waals surface area contributed by atoms with Crippen LogP contribution in [0, 0.1) is 11.5 Å². The van der Waals surface area contributed by atoms with Crippen LogP contribution in [0.4, 0.5) is 8.78 Å². The highest BCUT2D eigenvalue weighted by Gasteiger charge is 2.31. The Kier molecular flexibility index (Phi) is 7.80. The van der Waals surface area contributed by atoms with Crippen molar-refractivity contribution in [2.75, 3.05) is 12.8 Å². The lowest BCUT2D eigenvalue weighted by molar-refractivity contribution is -0.128. The highest BCUT2D eigenvalue weighted by atomic mass is 32.2. The fraction of sp³-hybridized carbons (Fsp3) is 0.227. The largest absolute Gasteiger partial charge is 0.435 e. The second kappa shape index (κ2) is 10.6. The Hall–Kier alpha value is -3.56. The maximum atomic E-state index is 12.9. The molecule has 0 unspecified atom stereocenters. The average Bonchev–Trinajstić information content (AvgIpc) is 3.23. The van der Waals surface area contributed by atoms with Gasteiger partial charge in [0.2, 0.25) is 0 Å². The molecule has 178 valence electrons. The van der Waals surface area contributed by atoms with E-state index < -0.39 is 45.8 Å². The number of nitrogens with one attached hydrogen (secondary N) is 1. The second-order valence-electron chi connectivity index (χ2n) is 7.21. The number of alkyl halides is 2. The van der Waals surface area contributed by atoms with Crippen LogP contribution in [0.3, 0.4) is 0 Å². The van der Waals surface area contributed by atoms with Crippen LogP contribution in [0.5, 0.6) is 5.75 Å². The van der Waals surface area contributed by atoms with Crippen molar-refractivity contribution in [3.05, 3.63) is 65.0 Å². The number of benzene rings is 2. The predicted molar refractivity (Wildman–Crippen MR) is 122 cm³/mol. The molecule has 0 aliphatic heterocycles. The van der Waals surface area contributed by atoms with Crippen LogP contribution in [0.1, 0.15) is 15.2 Å². The number of amides is 2. The zero-order chi connectivity index (χ0) is 24.9. The van der Waals surface area contributed by atoms with Crippen molar-refractivity contribution in [2.45, 2.75) is 18.4 Å². The molecule has 12 heteroatoms. The van der Waals surface area contributed by atoms with Crippen molar-refractivity contribution in [3.8, 4) is 11.9 Å². The molecule has 1 N–H and O–H groups in total. The van der Waals surface area contributed by atoms with Gasteiger partial charge in [-0.3, -0.25) is 14.5 Å². The van der Waals surface area contributed by atoms with E-state index in [2.05, 4.69) is 10.1 Å². The summed E-state index contributed by atoms with van der Waals surface area (Å²) in [6.45, 7) is -3.15. The number of para-hydroxylation sites is 1. The molecule has 8 nitrogen and oxygen atoms in total. The Bertz CT molecular complexity index is 1320. The molecule has 2 amide bonds. The number of hydrogen-bond acceptors (Lipinski definition) is 7. The van der Waals surface area contributed by atoms with Crippen LogP contribution >= 0.6 is 11.3 Å². The van der Waals surface area contributed by atoms with Gasteiger partial charge in [0, 0.05) is 17.3 Å². The Morgan fingerprint density at radius 2 is 1.85 bits per heavy atom. The van der Waals surface area contributed by atoms with Crippen molar-refractivity contribution in [2.24, 2.45) is 0 Å². The van der Waals surface area contributed by atoms with Crippen molar-refractivity contribution >= 4 is 43.1 Å². The van der Waals surface area contributed by atoms with Gasteiger partial charge in [0.25, 0.3) is 11.8 Å². The maximum Gasteiger partial charge on any atom is 0.387 e. The van der Waals surface area contributed by atoms with Gasteiger partial charge >= 0.3 is 6.61 Å². The molecule has 0 aliphatic rings. The molecule has 2 aromatic carbocycles. The summed E-state index contributed by atoms with van der Waals surface area (Å²) >= 11 is 1.16. The highest BCUT2D eigenvalue weighted by Crippen LogP contribution is 2.26. The smallest absolute Gasteiger partial charge is 0.387 e. The summed E-state index contributed by atoms with van der Waals surface area (Å²) < 4.78 is 56.3. The van der Waals surface area contributed by atoms with E-state index in [4.69, 9.17) is 5.26 Å². The average molecular weight is 508 g/mol. The van der Waals surface area contributed by atoms with Crippen molar-refractivity contribution < 1.29 is 31.5 Å². The van der Waals surface area contributed by atoms with Gasteiger partial charge < -0.3 is 10.1 Å². The van der Waals surface area contributed by atoms with Gasteiger partial charge in [-0.1, -0.05) is 36.4 Å². The predicted octanol–water partition coefficient (Wildman–Crippen LogP) is 3.16. The monoisotopic (exact) mass is 507 g/mol. The first-order valence-electron chi connectivity index (χ1n) is 9.79. The minimum atomic E-state index is -4.12. The fourth-order valence-electron chi connectivity index (χ4n) is 3.16. The van der Waals surface area contributed by atoms with E-state index >= 15 is 0 Å². The Morgan fingerprint density at radius 3 is 2.53 bits per heavy atom. The molecule has 34 heavy (non-hydrogen) atoms. The minimum Gasteiger partial charge on any atom is -0.435 e. The molecular weight excluding hydrogens is 488 g/mol. The number of ether oxygens (including phenoxy) is 1. The van der Waals surface area contributed by atoms with Crippen LogP contribution in [0.15, 0.2) is 54.6 Å². The highest BCUT2D eigenvalue weighted by molar-refractivity contribution is 7.90. The summed E-state index contributed by atoms with van der Waals surface area (Å²) in [7, 11) is -2.99. The number of thiophene rings is 1. The summed E-state index contributed by atoms with van der Waals surface area (Å²) in [5, 5.41) is 12.3. The fourth-order valence-corrected chi connectivity index (χ4v) is 5.69. The summed E-state index contributed by atoms with van der Waals surface area (Å²) in [6, 6.07) is 12.6. The lowest BCUT2D eigenvalue weighted by Gasteiger charge is -2.20. The first-order chi connectivity index (χ1) is 16.1. The first kappa shape index (κ1) is 25.1. The number of carbonyl (C=O) groups is 2.